The SMILES string of the molecule is O=C(NCCc1nc2ccccc2s1)c1ccc(Cl)c(S(=O)(=O)N2CCCCCC2)c1. The summed E-state index contributed by atoms with van der Waals surface area (Å²) in [5.41, 5.74) is 1.23. The first-order chi connectivity index (χ1) is 14.9. The Labute approximate surface area is 191 Å². The van der Waals surface area contributed by atoms with Crippen molar-refractivity contribution in [1.82, 2.24) is 14.6 Å². The van der Waals surface area contributed by atoms with Crippen molar-refractivity contribution in [2.75, 3.05) is 19.6 Å². The van der Waals surface area contributed by atoms with Gasteiger partial charge in [0.2, 0.25) is 10.0 Å². The summed E-state index contributed by atoms with van der Waals surface area (Å²) in [4.78, 5) is 17.2. The number of aromatic nitrogens is 1. The summed E-state index contributed by atoms with van der Waals surface area (Å²) in [7, 11) is -3.74. The van der Waals surface area contributed by atoms with Gasteiger partial charge in [-0.1, -0.05) is 36.6 Å². The van der Waals surface area contributed by atoms with E-state index in [4.69, 9.17) is 11.6 Å². The molecule has 1 aromatic heterocycles. The number of halogens is 1. The van der Waals surface area contributed by atoms with Crippen LogP contribution in [0.3, 0.4) is 0 Å². The number of benzene rings is 2. The third-order valence-corrected chi connectivity index (χ3v) is 8.82. The summed E-state index contributed by atoms with van der Waals surface area (Å²) in [6.07, 6.45) is 4.33. The number of nitrogens with one attached hydrogen (secondary N) is 1. The molecule has 2 heterocycles. The molecule has 9 heteroatoms. The lowest BCUT2D eigenvalue weighted by Gasteiger charge is -2.21. The zero-order valence-electron chi connectivity index (χ0n) is 17.0. The smallest absolute Gasteiger partial charge is 0.251 e. The summed E-state index contributed by atoms with van der Waals surface area (Å²) >= 11 is 7.83. The van der Waals surface area contributed by atoms with Gasteiger partial charge in [0.25, 0.3) is 5.91 Å². The number of para-hydroxylation sites is 1. The van der Waals surface area contributed by atoms with Gasteiger partial charge in [-0.05, 0) is 43.2 Å². The molecule has 164 valence electrons. The summed E-state index contributed by atoms with van der Waals surface area (Å²) in [6.45, 7) is 1.38. The van der Waals surface area contributed by atoms with Crippen molar-refractivity contribution in [3.8, 4) is 0 Å². The number of carbonyl (C=O) groups is 1. The predicted molar refractivity (Wildman–Crippen MR) is 124 cm³/mol. The monoisotopic (exact) mass is 477 g/mol. The average Bonchev–Trinajstić information content (AvgIpc) is 2.96. The molecule has 0 aliphatic carbocycles. The molecule has 1 saturated heterocycles. The molecule has 0 atom stereocenters. The third kappa shape index (κ3) is 5.09. The number of hydrogen-bond acceptors (Lipinski definition) is 5. The first kappa shape index (κ1) is 22.2. The second kappa shape index (κ2) is 9.65. The number of sulfonamides is 1. The lowest BCUT2D eigenvalue weighted by molar-refractivity contribution is 0.0954. The minimum Gasteiger partial charge on any atom is -0.352 e. The zero-order valence-corrected chi connectivity index (χ0v) is 19.4. The van der Waals surface area contributed by atoms with Crippen LogP contribution in [0.2, 0.25) is 5.02 Å². The fourth-order valence-corrected chi connectivity index (χ4v) is 6.66. The Morgan fingerprint density at radius 2 is 1.84 bits per heavy atom. The van der Waals surface area contributed by atoms with Gasteiger partial charge in [0.05, 0.1) is 20.2 Å². The minimum absolute atomic E-state index is 0.00473. The van der Waals surface area contributed by atoms with Crippen LogP contribution in [-0.2, 0) is 16.4 Å². The van der Waals surface area contributed by atoms with Crippen molar-refractivity contribution >= 4 is 49.1 Å². The maximum absolute atomic E-state index is 13.1. The topological polar surface area (TPSA) is 79.4 Å². The molecule has 0 radical (unpaired) electrons. The van der Waals surface area contributed by atoms with Crippen LogP contribution in [0.4, 0.5) is 0 Å². The van der Waals surface area contributed by atoms with E-state index in [1.165, 1.54) is 16.4 Å². The van der Waals surface area contributed by atoms with Crippen molar-refractivity contribution in [3.63, 3.8) is 0 Å². The van der Waals surface area contributed by atoms with Crippen LogP contribution in [0, 0.1) is 0 Å². The first-order valence-electron chi connectivity index (χ1n) is 10.4. The zero-order chi connectivity index (χ0) is 21.8. The number of amides is 1. The highest BCUT2D eigenvalue weighted by Crippen LogP contribution is 2.28. The minimum atomic E-state index is -3.74. The third-order valence-electron chi connectivity index (χ3n) is 5.34. The molecule has 1 N–H and O–H groups in total. The van der Waals surface area contributed by atoms with Crippen LogP contribution in [0.15, 0.2) is 47.4 Å². The summed E-state index contributed by atoms with van der Waals surface area (Å²) < 4.78 is 28.8. The molecule has 6 nitrogen and oxygen atoms in total. The van der Waals surface area contributed by atoms with Gasteiger partial charge in [0, 0.05) is 31.6 Å². The van der Waals surface area contributed by atoms with Crippen LogP contribution in [0.1, 0.15) is 41.0 Å². The molecule has 1 aliphatic heterocycles. The largest absolute Gasteiger partial charge is 0.352 e. The maximum Gasteiger partial charge on any atom is 0.251 e. The Hall–Kier alpha value is -2.00. The van der Waals surface area contributed by atoms with E-state index in [0.29, 0.717) is 26.1 Å². The molecular formula is C22H24ClN3O3S2. The number of fused-ring (bicyclic) bond motifs is 1. The van der Waals surface area contributed by atoms with Gasteiger partial charge in [0.1, 0.15) is 4.90 Å². The lowest BCUT2D eigenvalue weighted by Crippen LogP contribution is -2.32. The highest BCUT2D eigenvalue weighted by atomic mass is 35.5. The van der Waals surface area contributed by atoms with Gasteiger partial charge in [-0.15, -0.1) is 11.3 Å². The quantitative estimate of drug-likeness (QED) is 0.567. The second-order valence-corrected chi connectivity index (χ2v) is 11.0. The standard InChI is InChI=1S/C22H24ClN3O3S2/c23-17-10-9-16(15-20(17)31(28,29)26-13-5-1-2-6-14-26)22(27)24-12-11-21-25-18-7-3-4-8-19(18)30-21/h3-4,7-10,15H,1-2,5-6,11-14H2,(H,24,27). The highest BCUT2D eigenvalue weighted by Gasteiger charge is 2.28. The molecule has 2 aromatic carbocycles. The van der Waals surface area contributed by atoms with Crippen molar-refractivity contribution in [3.05, 3.63) is 58.1 Å². The second-order valence-electron chi connectivity index (χ2n) is 7.54. The van der Waals surface area contributed by atoms with E-state index in [1.807, 2.05) is 24.3 Å². The van der Waals surface area contributed by atoms with Gasteiger partial charge < -0.3 is 5.32 Å². The molecule has 0 spiro atoms. The van der Waals surface area contributed by atoms with E-state index < -0.39 is 10.0 Å². The molecule has 0 saturated carbocycles. The normalized spacial score (nSPS) is 15.6. The Bertz CT molecular complexity index is 1150. The van der Waals surface area contributed by atoms with E-state index in [0.717, 1.165) is 40.9 Å². The van der Waals surface area contributed by atoms with Crippen LogP contribution in [0.25, 0.3) is 10.2 Å². The van der Waals surface area contributed by atoms with Gasteiger partial charge in [-0.25, -0.2) is 13.4 Å². The number of rotatable bonds is 6. The Balaban J connectivity index is 1.44. The number of nitrogens with zero attached hydrogens (tertiary/aromatic N) is 2. The molecule has 1 aliphatic rings. The number of thiazole rings is 1. The van der Waals surface area contributed by atoms with Crippen LogP contribution in [-0.4, -0.2) is 43.2 Å². The Morgan fingerprint density at radius 1 is 1.10 bits per heavy atom. The van der Waals surface area contributed by atoms with E-state index >= 15 is 0 Å². The highest BCUT2D eigenvalue weighted by molar-refractivity contribution is 7.89. The van der Waals surface area contributed by atoms with Crippen LogP contribution in [0.5, 0.6) is 0 Å². The maximum atomic E-state index is 13.1. The molecule has 4 rings (SSSR count). The first-order valence-corrected chi connectivity index (χ1v) is 13.0. The summed E-state index contributed by atoms with van der Waals surface area (Å²) in [5, 5.41) is 3.94. The summed E-state index contributed by atoms with van der Waals surface area (Å²) in [6, 6.07) is 12.3. The van der Waals surface area contributed by atoms with Gasteiger partial charge in [-0.3, -0.25) is 4.79 Å². The van der Waals surface area contributed by atoms with Gasteiger partial charge >= 0.3 is 0 Å². The van der Waals surface area contributed by atoms with E-state index in [2.05, 4.69) is 10.3 Å². The fraction of sp³-hybridized carbons (Fsp3) is 0.364. The van der Waals surface area contributed by atoms with Gasteiger partial charge in [-0.2, -0.15) is 4.31 Å². The average molecular weight is 478 g/mol. The molecule has 1 amide bonds. The predicted octanol–water partition coefficient (Wildman–Crippen LogP) is 4.49. The lowest BCUT2D eigenvalue weighted by atomic mass is 10.2. The van der Waals surface area contributed by atoms with Gasteiger partial charge in [0.15, 0.2) is 0 Å². The Kier molecular flexibility index (Phi) is 6.91. The fourth-order valence-electron chi connectivity index (χ4n) is 3.68. The van der Waals surface area contributed by atoms with Crippen molar-refractivity contribution in [1.29, 1.82) is 0 Å². The van der Waals surface area contributed by atoms with E-state index in [1.54, 1.807) is 17.4 Å². The molecular weight excluding hydrogens is 454 g/mol. The van der Waals surface area contributed by atoms with E-state index in [-0.39, 0.29) is 21.4 Å². The Morgan fingerprint density at radius 3 is 2.58 bits per heavy atom. The van der Waals surface area contributed by atoms with E-state index in [9.17, 15) is 13.2 Å². The summed E-state index contributed by atoms with van der Waals surface area (Å²) in [5.74, 6) is -0.329. The molecule has 3 aromatic rings. The molecule has 0 unspecified atom stereocenters. The molecule has 1 fully saturated rings. The molecule has 31 heavy (non-hydrogen) atoms. The number of carbonyl (C=O) groups excluding carboxylic acids is 1. The van der Waals surface area contributed by atoms with Crippen LogP contribution < -0.4 is 5.32 Å². The van der Waals surface area contributed by atoms with Crippen molar-refractivity contribution < 1.29 is 13.2 Å². The number of hydrogen-bond donors (Lipinski definition) is 1. The van der Waals surface area contributed by atoms with Crippen molar-refractivity contribution in [2.24, 2.45) is 0 Å². The molecule has 0 bridgehead atoms. The van der Waals surface area contributed by atoms with Crippen LogP contribution >= 0.6 is 22.9 Å². The van der Waals surface area contributed by atoms with Crippen molar-refractivity contribution in [2.45, 2.75) is 37.0 Å².